The molecule has 50 heavy (non-hydrogen) atoms. The Kier molecular flexibility index (Phi) is 11.1. The number of hydrogen-bond donors (Lipinski definition) is 1. The first-order valence-corrected chi connectivity index (χ1v) is 16.6. The fourth-order valence-electron chi connectivity index (χ4n) is 5.90. The lowest BCUT2D eigenvalue weighted by Crippen LogP contribution is -2.51. The Balaban J connectivity index is 1.40. The average molecular weight is 728 g/mol. The molecule has 0 aliphatic heterocycles. The number of nitrogens with one attached hydrogen (secondary N) is 1. The number of carbonyl (C=O) groups excluding carboxylic acids is 3. The van der Waals surface area contributed by atoms with Crippen LogP contribution in [0.25, 0.3) is 11.1 Å². The number of benzene rings is 4. The van der Waals surface area contributed by atoms with Crippen LogP contribution in [-0.4, -0.2) is 42.8 Å². The van der Waals surface area contributed by atoms with E-state index in [2.05, 4.69) is 5.32 Å². The second kappa shape index (κ2) is 15.1. The van der Waals surface area contributed by atoms with Crippen LogP contribution >= 0.6 is 23.2 Å². The van der Waals surface area contributed by atoms with Crippen LogP contribution < -0.4 is 10.2 Å². The molecule has 7 nitrogen and oxygen atoms in total. The number of fused-ring (bicyclic) bond motifs is 3. The molecule has 1 aliphatic carbocycles. The van der Waals surface area contributed by atoms with Gasteiger partial charge in [0, 0.05) is 16.6 Å². The second-order valence-corrected chi connectivity index (χ2v) is 13.7. The Morgan fingerprint density at radius 3 is 2.02 bits per heavy atom. The predicted molar refractivity (Wildman–Crippen MR) is 186 cm³/mol. The highest BCUT2D eigenvalue weighted by Crippen LogP contribution is 2.44. The molecule has 0 spiro atoms. The number of rotatable bonds is 10. The van der Waals surface area contributed by atoms with E-state index in [0.717, 1.165) is 28.3 Å². The molecular formula is C38H35Cl2F3N2O5. The summed E-state index contributed by atoms with van der Waals surface area (Å²) in [6, 6.07) is 23.9. The predicted octanol–water partition coefficient (Wildman–Crippen LogP) is 9.23. The summed E-state index contributed by atoms with van der Waals surface area (Å²) in [7, 11) is 0. The van der Waals surface area contributed by atoms with Crippen molar-refractivity contribution in [1.82, 2.24) is 5.32 Å². The molecule has 2 amide bonds. The molecule has 0 aromatic heterocycles. The van der Waals surface area contributed by atoms with Gasteiger partial charge in [-0.2, -0.15) is 13.2 Å². The topological polar surface area (TPSA) is 84.9 Å². The van der Waals surface area contributed by atoms with E-state index < -0.39 is 52.9 Å². The van der Waals surface area contributed by atoms with E-state index in [-0.39, 0.29) is 25.4 Å². The summed E-state index contributed by atoms with van der Waals surface area (Å²) in [5, 5.41) is 2.55. The SMILES string of the molecule is CC(C)(C)OC(=O)CN(C(=O)[C@H](CCc1ccc(C(F)(F)F)c(Cl)c1)NC(=O)OCC1c2ccccc2-c2ccccc21)c1ccc(Cl)cc1. The van der Waals surface area contributed by atoms with Gasteiger partial charge in [-0.05, 0) is 97.8 Å². The lowest BCUT2D eigenvalue weighted by Gasteiger charge is -2.29. The minimum absolute atomic E-state index is 0.0198. The summed E-state index contributed by atoms with van der Waals surface area (Å²) in [6.07, 6.45) is -5.54. The number of amides is 2. The molecule has 4 aromatic rings. The monoisotopic (exact) mass is 726 g/mol. The Labute approximate surface area is 298 Å². The highest BCUT2D eigenvalue weighted by molar-refractivity contribution is 6.31. The van der Waals surface area contributed by atoms with Gasteiger partial charge in [-0.15, -0.1) is 0 Å². The van der Waals surface area contributed by atoms with Crippen molar-refractivity contribution >= 4 is 46.9 Å². The number of hydrogen-bond acceptors (Lipinski definition) is 5. The fourth-order valence-corrected chi connectivity index (χ4v) is 6.34. The maximum Gasteiger partial charge on any atom is 0.417 e. The number of alkyl halides is 3. The number of anilines is 1. The average Bonchev–Trinajstić information content (AvgIpc) is 3.37. The molecule has 1 aliphatic rings. The molecule has 0 radical (unpaired) electrons. The Bertz CT molecular complexity index is 1830. The first-order chi connectivity index (χ1) is 23.6. The molecule has 12 heteroatoms. The lowest BCUT2D eigenvalue weighted by molar-refractivity contribution is -0.153. The largest absolute Gasteiger partial charge is 0.459 e. The van der Waals surface area contributed by atoms with E-state index in [1.807, 2.05) is 48.5 Å². The highest BCUT2D eigenvalue weighted by atomic mass is 35.5. The van der Waals surface area contributed by atoms with Crippen molar-refractivity contribution in [2.45, 2.75) is 57.3 Å². The molecule has 0 unspecified atom stereocenters. The van der Waals surface area contributed by atoms with Crippen LogP contribution in [0, 0.1) is 0 Å². The molecule has 1 atom stereocenters. The van der Waals surface area contributed by atoms with E-state index in [1.165, 1.54) is 17.0 Å². The van der Waals surface area contributed by atoms with Gasteiger partial charge >= 0.3 is 18.2 Å². The van der Waals surface area contributed by atoms with Gasteiger partial charge in [0.15, 0.2) is 0 Å². The third-order valence-electron chi connectivity index (χ3n) is 8.11. The molecule has 0 bridgehead atoms. The first-order valence-electron chi connectivity index (χ1n) is 15.9. The minimum atomic E-state index is -4.64. The number of nitrogens with zero attached hydrogens (tertiary/aromatic N) is 1. The van der Waals surface area contributed by atoms with Crippen LogP contribution in [0.4, 0.5) is 23.7 Å². The number of aryl methyl sites for hydroxylation is 1. The quantitative estimate of drug-likeness (QED) is 0.165. The van der Waals surface area contributed by atoms with E-state index in [9.17, 15) is 27.6 Å². The van der Waals surface area contributed by atoms with Crippen LogP contribution in [0.3, 0.4) is 0 Å². The summed E-state index contributed by atoms with van der Waals surface area (Å²) in [4.78, 5) is 41.8. The highest BCUT2D eigenvalue weighted by Gasteiger charge is 2.34. The summed E-state index contributed by atoms with van der Waals surface area (Å²) in [5.74, 6) is -1.62. The van der Waals surface area contributed by atoms with Gasteiger partial charge < -0.3 is 14.8 Å². The number of esters is 1. The second-order valence-electron chi connectivity index (χ2n) is 12.9. The molecule has 0 saturated carbocycles. The lowest BCUT2D eigenvalue weighted by atomic mass is 9.98. The van der Waals surface area contributed by atoms with Gasteiger partial charge in [0.05, 0.1) is 10.6 Å². The molecule has 0 fully saturated rings. The van der Waals surface area contributed by atoms with Crippen LogP contribution in [0.15, 0.2) is 91.0 Å². The Hall–Kier alpha value is -4.54. The van der Waals surface area contributed by atoms with Crippen molar-refractivity contribution in [3.63, 3.8) is 0 Å². The molecular weight excluding hydrogens is 692 g/mol. The van der Waals surface area contributed by atoms with Crippen molar-refractivity contribution < 1.29 is 37.0 Å². The van der Waals surface area contributed by atoms with Gasteiger partial charge in [0.1, 0.15) is 24.8 Å². The van der Waals surface area contributed by atoms with Crippen molar-refractivity contribution in [3.05, 3.63) is 123 Å². The zero-order valence-electron chi connectivity index (χ0n) is 27.5. The standard InChI is InChI=1S/C38H35Cl2F3N2O5/c1-37(2,3)50-34(46)21-45(25-16-14-24(39)15-17-25)35(47)33(19-13-23-12-18-31(32(40)20-23)38(41,42)43)44-36(48)49-22-30-28-10-6-4-8-26(28)27-9-5-7-11-29(27)30/h4-12,14-18,20,30,33H,13,19,21-22H2,1-3H3,(H,44,48)/t33-/m0/s1. The molecule has 4 aromatic carbocycles. The summed E-state index contributed by atoms with van der Waals surface area (Å²) in [5.41, 5.74) is 2.97. The summed E-state index contributed by atoms with van der Waals surface area (Å²) in [6.45, 7) is 4.56. The van der Waals surface area contributed by atoms with Crippen LogP contribution in [0.5, 0.6) is 0 Å². The zero-order chi connectivity index (χ0) is 36.2. The van der Waals surface area contributed by atoms with E-state index >= 15 is 0 Å². The summed E-state index contributed by atoms with van der Waals surface area (Å²) >= 11 is 12.0. The number of ether oxygens (including phenoxy) is 2. The van der Waals surface area contributed by atoms with E-state index in [0.29, 0.717) is 16.3 Å². The maximum atomic E-state index is 14.3. The van der Waals surface area contributed by atoms with Crippen LogP contribution in [-0.2, 0) is 31.7 Å². The Morgan fingerprint density at radius 1 is 0.860 bits per heavy atom. The van der Waals surface area contributed by atoms with E-state index in [1.54, 1.807) is 45.0 Å². The number of halogens is 5. The van der Waals surface area contributed by atoms with Gasteiger partial charge in [0.25, 0.3) is 0 Å². The Morgan fingerprint density at radius 2 is 1.46 bits per heavy atom. The molecule has 0 saturated heterocycles. The maximum absolute atomic E-state index is 14.3. The minimum Gasteiger partial charge on any atom is -0.459 e. The first kappa shape index (κ1) is 36.7. The molecule has 1 N–H and O–H groups in total. The number of carbonyl (C=O) groups is 3. The van der Waals surface area contributed by atoms with Gasteiger partial charge in [-0.1, -0.05) is 77.8 Å². The fraction of sp³-hybridized carbons (Fsp3) is 0.289. The summed E-state index contributed by atoms with van der Waals surface area (Å²) < 4.78 is 51.2. The van der Waals surface area contributed by atoms with Gasteiger partial charge in [-0.3, -0.25) is 14.5 Å². The molecule has 5 rings (SSSR count). The number of alkyl carbamates (subject to hydrolysis) is 1. The van der Waals surface area contributed by atoms with E-state index in [4.69, 9.17) is 32.7 Å². The van der Waals surface area contributed by atoms with Crippen molar-refractivity contribution in [3.8, 4) is 11.1 Å². The zero-order valence-corrected chi connectivity index (χ0v) is 29.0. The van der Waals surface area contributed by atoms with Crippen LogP contribution in [0.2, 0.25) is 10.0 Å². The molecule has 262 valence electrons. The van der Waals surface area contributed by atoms with Crippen LogP contribution in [0.1, 0.15) is 55.4 Å². The van der Waals surface area contributed by atoms with Crippen molar-refractivity contribution in [2.24, 2.45) is 0 Å². The van der Waals surface area contributed by atoms with Gasteiger partial charge in [0.2, 0.25) is 5.91 Å². The van der Waals surface area contributed by atoms with Gasteiger partial charge in [-0.25, -0.2) is 4.79 Å². The van der Waals surface area contributed by atoms with Crippen molar-refractivity contribution in [2.75, 3.05) is 18.1 Å². The normalized spacial score (nSPS) is 13.2. The van der Waals surface area contributed by atoms with Crippen molar-refractivity contribution in [1.29, 1.82) is 0 Å². The third-order valence-corrected chi connectivity index (χ3v) is 8.67. The smallest absolute Gasteiger partial charge is 0.417 e. The third kappa shape index (κ3) is 8.97. The molecule has 0 heterocycles.